The monoisotopic (exact) mass is 475 g/mol. The number of carboxylic acid groups (broad SMARTS) is 1. The SMILES string of the molecule is Cc1ccc(COc2cccc(/C=C3/SC(=S)N([C@H](C(=O)O)c4ccccc4)C3=O)c2)cc1. The molecule has 3 aromatic rings. The van der Waals surface area contributed by atoms with E-state index in [1.54, 1.807) is 36.4 Å². The fraction of sp³-hybridized carbons (Fsp3) is 0.115. The molecule has 1 heterocycles. The van der Waals surface area contributed by atoms with Gasteiger partial charge in [-0.3, -0.25) is 9.69 Å². The third kappa shape index (κ3) is 5.32. The summed E-state index contributed by atoms with van der Waals surface area (Å²) >= 11 is 6.48. The third-order valence-electron chi connectivity index (χ3n) is 5.11. The zero-order valence-electron chi connectivity index (χ0n) is 17.8. The molecule has 1 aliphatic heterocycles. The predicted octanol–water partition coefficient (Wildman–Crippen LogP) is 5.60. The van der Waals surface area contributed by atoms with Gasteiger partial charge < -0.3 is 9.84 Å². The molecule has 7 heteroatoms. The highest BCUT2D eigenvalue weighted by Gasteiger charge is 2.41. The third-order valence-corrected chi connectivity index (χ3v) is 6.44. The molecule has 0 saturated carbocycles. The molecule has 0 aromatic heterocycles. The lowest BCUT2D eigenvalue weighted by atomic mass is 10.1. The molecule has 0 spiro atoms. The van der Waals surface area contributed by atoms with Gasteiger partial charge in [0.15, 0.2) is 6.04 Å². The summed E-state index contributed by atoms with van der Waals surface area (Å²) in [4.78, 5) is 26.7. The molecular formula is C26H21NO4S2. The summed E-state index contributed by atoms with van der Waals surface area (Å²) < 4.78 is 6.12. The van der Waals surface area contributed by atoms with Gasteiger partial charge in [0.2, 0.25) is 0 Å². The zero-order chi connectivity index (χ0) is 23.4. The molecule has 0 radical (unpaired) electrons. The number of hydrogen-bond donors (Lipinski definition) is 1. The summed E-state index contributed by atoms with van der Waals surface area (Å²) in [5.41, 5.74) is 3.51. The van der Waals surface area contributed by atoms with E-state index in [2.05, 4.69) is 0 Å². The maximum Gasteiger partial charge on any atom is 0.331 e. The van der Waals surface area contributed by atoms with Crippen molar-refractivity contribution < 1.29 is 19.4 Å². The molecule has 1 saturated heterocycles. The van der Waals surface area contributed by atoms with Gasteiger partial charge in [0.1, 0.15) is 16.7 Å². The standard InChI is InChI=1S/C26H21NO4S2/c1-17-10-12-18(13-11-17)16-31-21-9-5-6-19(14-21)15-22-24(28)27(26(32)33-22)23(25(29)30)20-7-3-2-4-8-20/h2-15,23H,16H2,1H3,(H,29,30)/b22-15+/t23-/m0/s1. The zero-order valence-corrected chi connectivity index (χ0v) is 19.4. The van der Waals surface area contributed by atoms with Crippen LogP contribution in [0.4, 0.5) is 0 Å². The maximum absolute atomic E-state index is 13.1. The van der Waals surface area contributed by atoms with Gasteiger partial charge in [-0.25, -0.2) is 4.79 Å². The Balaban J connectivity index is 1.53. The first kappa shape index (κ1) is 22.8. The number of hydrogen-bond acceptors (Lipinski definition) is 5. The van der Waals surface area contributed by atoms with E-state index in [4.69, 9.17) is 17.0 Å². The van der Waals surface area contributed by atoms with Crippen molar-refractivity contribution in [2.45, 2.75) is 19.6 Å². The van der Waals surface area contributed by atoms with Crippen molar-refractivity contribution in [1.29, 1.82) is 0 Å². The van der Waals surface area contributed by atoms with Crippen LogP contribution in [-0.2, 0) is 16.2 Å². The molecule has 3 aromatic carbocycles. The first-order valence-corrected chi connectivity index (χ1v) is 11.5. The number of aliphatic carboxylic acids is 1. The second-order valence-corrected chi connectivity index (χ2v) is 9.23. The molecule has 1 aliphatic rings. The highest BCUT2D eigenvalue weighted by atomic mass is 32.2. The highest BCUT2D eigenvalue weighted by molar-refractivity contribution is 8.26. The van der Waals surface area contributed by atoms with Gasteiger partial charge in [0.25, 0.3) is 5.91 Å². The average Bonchev–Trinajstić information content (AvgIpc) is 3.07. The molecule has 166 valence electrons. The topological polar surface area (TPSA) is 66.8 Å². The van der Waals surface area contributed by atoms with Crippen LogP contribution in [0.5, 0.6) is 5.75 Å². The van der Waals surface area contributed by atoms with Crippen LogP contribution < -0.4 is 4.74 Å². The van der Waals surface area contributed by atoms with Crippen molar-refractivity contribution in [3.8, 4) is 5.75 Å². The molecule has 1 fully saturated rings. The van der Waals surface area contributed by atoms with Gasteiger partial charge in [-0.15, -0.1) is 0 Å². The minimum Gasteiger partial charge on any atom is -0.489 e. The number of aryl methyl sites for hydroxylation is 1. The number of ether oxygens (including phenoxy) is 1. The minimum absolute atomic E-state index is 0.217. The lowest BCUT2D eigenvalue weighted by Crippen LogP contribution is -2.37. The Labute approximate surface area is 201 Å². The van der Waals surface area contributed by atoms with E-state index in [-0.39, 0.29) is 4.32 Å². The molecule has 1 amide bonds. The van der Waals surface area contributed by atoms with Crippen LogP contribution >= 0.6 is 24.0 Å². The number of amides is 1. The Morgan fingerprint density at radius 2 is 1.82 bits per heavy atom. The normalized spacial score (nSPS) is 15.7. The number of rotatable bonds is 7. The smallest absolute Gasteiger partial charge is 0.331 e. The molecule has 33 heavy (non-hydrogen) atoms. The molecule has 0 unspecified atom stereocenters. The van der Waals surface area contributed by atoms with Crippen molar-refractivity contribution in [2.24, 2.45) is 0 Å². The fourth-order valence-corrected chi connectivity index (χ4v) is 4.75. The lowest BCUT2D eigenvalue weighted by molar-refractivity contribution is -0.145. The van der Waals surface area contributed by atoms with Crippen LogP contribution in [0, 0.1) is 6.92 Å². The Morgan fingerprint density at radius 1 is 1.09 bits per heavy atom. The van der Waals surface area contributed by atoms with Gasteiger partial charge in [0, 0.05) is 0 Å². The first-order chi connectivity index (χ1) is 15.9. The largest absolute Gasteiger partial charge is 0.489 e. The summed E-state index contributed by atoms with van der Waals surface area (Å²) in [5.74, 6) is -0.884. The Hall–Kier alpha value is -3.42. The van der Waals surface area contributed by atoms with Crippen molar-refractivity contribution in [3.63, 3.8) is 0 Å². The maximum atomic E-state index is 13.1. The van der Waals surface area contributed by atoms with Gasteiger partial charge >= 0.3 is 5.97 Å². The quantitative estimate of drug-likeness (QED) is 0.354. The van der Waals surface area contributed by atoms with E-state index in [0.717, 1.165) is 22.9 Å². The number of thiocarbonyl (C=S) groups is 1. The van der Waals surface area contributed by atoms with Crippen molar-refractivity contribution >= 4 is 46.3 Å². The number of thioether (sulfide) groups is 1. The number of benzene rings is 3. The van der Waals surface area contributed by atoms with E-state index >= 15 is 0 Å². The van der Waals surface area contributed by atoms with Crippen LogP contribution in [0.25, 0.3) is 6.08 Å². The van der Waals surface area contributed by atoms with E-state index in [1.165, 1.54) is 10.5 Å². The van der Waals surface area contributed by atoms with Gasteiger partial charge in [-0.05, 0) is 41.8 Å². The van der Waals surface area contributed by atoms with E-state index in [9.17, 15) is 14.7 Å². The van der Waals surface area contributed by atoms with Crippen molar-refractivity contribution in [1.82, 2.24) is 4.90 Å². The number of carbonyl (C=O) groups excluding carboxylic acids is 1. The van der Waals surface area contributed by atoms with Crippen LogP contribution in [0.2, 0.25) is 0 Å². The van der Waals surface area contributed by atoms with E-state index in [0.29, 0.717) is 22.8 Å². The molecule has 4 rings (SSSR count). The van der Waals surface area contributed by atoms with Crippen molar-refractivity contribution in [3.05, 3.63) is 106 Å². The summed E-state index contributed by atoms with van der Waals surface area (Å²) in [6.07, 6.45) is 1.71. The predicted molar refractivity (Wildman–Crippen MR) is 134 cm³/mol. The van der Waals surface area contributed by atoms with Gasteiger partial charge in [-0.1, -0.05) is 96.3 Å². The Kier molecular flexibility index (Phi) is 6.91. The van der Waals surface area contributed by atoms with Gasteiger partial charge in [0.05, 0.1) is 4.91 Å². The fourth-order valence-electron chi connectivity index (χ4n) is 3.44. The van der Waals surface area contributed by atoms with Crippen LogP contribution in [0.1, 0.15) is 28.3 Å². The van der Waals surface area contributed by atoms with Crippen LogP contribution in [0.3, 0.4) is 0 Å². The molecule has 1 N–H and O–H groups in total. The van der Waals surface area contributed by atoms with Crippen LogP contribution in [0.15, 0.2) is 83.8 Å². The summed E-state index contributed by atoms with van der Waals surface area (Å²) in [5, 5.41) is 9.80. The summed E-state index contributed by atoms with van der Waals surface area (Å²) in [6.45, 7) is 2.47. The summed E-state index contributed by atoms with van der Waals surface area (Å²) in [7, 11) is 0. The van der Waals surface area contributed by atoms with Crippen molar-refractivity contribution in [2.75, 3.05) is 0 Å². The average molecular weight is 476 g/mol. The highest BCUT2D eigenvalue weighted by Crippen LogP contribution is 2.38. The second-order valence-electron chi connectivity index (χ2n) is 7.55. The van der Waals surface area contributed by atoms with E-state index < -0.39 is 17.9 Å². The molecular weight excluding hydrogens is 454 g/mol. The Morgan fingerprint density at radius 3 is 2.52 bits per heavy atom. The molecule has 5 nitrogen and oxygen atoms in total. The lowest BCUT2D eigenvalue weighted by Gasteiger charge is -2.23. The van der Waals surface area contributed by atoms with Gasteiger partial charge in [-0.2, -0.15) is 0 Å². The number of nitrogens with zero attached hydrogens (tertiary/aromatic N) is 1. The Bertz CT molecular complexity index is 1220. The summed E-state index contributed by atoms with van der Waals surface area (Å²) in [6, 6.07) is 23.0. The molecule has 1 atom stereocenters. The molecule has 0 bridgehead atoms. The number of carbonyl (C=O) groups is 2. The minimum atomic E-state index is -1.17. The first-order valence-electron chi connectivity index (χ1n) is 10.3. The van der Waals surface area contributed by atoms with E-state index in [1.807, 2.05) is 55.5 Å². The van der Waals surface area contributed by atoms with Crippen LogP contribution in [-0.4, -0.2) is 26.2 Å². The molecule has 0 aliphatic carbocycles. The number of carboxylic acids is 1. The second kappa shape index (κ2) is 10.0.